The predicted molar refractivity (Wildman–Crippen MR) is 114 cm³/mol. The van der Waals surface area contributed by atoms with Crippen LogP contribution in [0.1, 0.15) is 23.9 Å². The van der Waals surface area contributed by atoms with Crippen molar-refractivity contribution in [3.05, 3.63) is 71.1 Å². The first kappa shape index (κ1) is 19.0. The Morgan fingerprint density at radius 1 is 1.24 bits per heavy atom. The van der Waals surface area contributed by atoms with E-state index in [2.05, 4.69) is 21.4 Å². The molecule has 7 heteroatoms. The van der Waals surface area contributed by atoms with Gasteiger partial charge in [0.05, 0.1) is 12.1 Å². The molecule has 1 unspecified atom stereocenters. The summed E-state index contributed by atoms with van der Waals surface area (Å²) in [6.45, 7) is 2.94. The van der Waals surface area contributed by atoms with Crippen molar-refractivity contribution in [3.63, 3.8) is 0 Å². The second kappa shape index (κ2) is 8.38. The van der Waals surface area contributed by atoms with Gasteiger partial charge in [0.25, 0.3) is 0 Å². The normalized spacial score (nSPS) is 15.3. The molecule has 146 valence electrons. The molecule has 0 radical (unpaired) electrons. The topological polar surface area (TPSA) is 74.1 Å². The van der Waals surface area contributed by atoms with Crippen molar-refractivity contribution in [2.24, 2.45) is 0 Å². The summed E-state index contributed by atoms with van der Waals surface area (Å²) in [5.41, 5.74) is 1.94. The molecule has 1 aliphatic heterocycles. The van der Waals surface area contributed by atoms with E-state index >= 15 is 0 Å². The summed E-state index contributed by atoms with van der Waals surface area (Å²) in [4.78, 5) is 10.9. The van der Waals surface area contributed by atoms with Gasteiger partial charge in [-0.3, -0.25) is 0 Å². The number of benzene rings is 2. The van der Waals surface area contributed by atoms with E-state index in [1.165, 1.54) is 0 Å². The van der Waals surface area contributed by atoms with Crippen LogP contribution in [-0.4, -0.2) is 23.1 Å². The second-order valence-electron chi connectivity index (χ2n) is 6.85. The van der Waals surface area contributed by atoms with Gasteiger partial charge in [-0.1, -0.05) is 23.7 Å². The van der Waals surface area contributed by atoms with Gasteiger partial charge in [0, 0.05) is 35.1 Å². The largest absolute Gasteiger partial charge is 0.457 e. The molecule has 2 aromatic carbocycles. The molecule has 0 spiro atoms. The van der Waals surface area contributed by atoms with E-state index < -0.39 is 0 Å². The van der Waals surface area contributed by atoms with E-state index in [0.29, 0.717) is 23.1 Å². The van der Waals surface area contributed by atoms with E-state index in [4.69, 9.17) is 21.6 Å². The molecular formula is C22H20ClN5O. The third kappa shape index (κ3) is 4.41. The zero-order valence-corrected chi connectivity index (χ0v) is 16.7. The van der Waals surface area contributed by atoms with Crippen LogP contribution in [0.4, 0.5) is 11.5 Å². The zero-order valence-electron chi connectivity index (χ0n) is 16.0. The number of ether oxygens (including phenoxy) is 1. The molecule has 0 saturated carbocycles. The van der Waals surface area contributed by atoms with Crippen molar-refractivity contribution in [2.45, 2.75) is 19.4 Å². The minimum Gasteiger partial charge on any atom is -0.457 e. The highest BCUT2D eigenvalue weighted by Crippen LogP contribution is 2.35. The molecule has 29 heavy (non-hydrogen) atoms. The van der Waals surface area contributed by atoms with Crippen LogP contribution in [0.5, 0.6) is 11.5 Å². The number of nitrogens with one attached hydrogen (secondary N) is 1. The molecule has 6 nitrogen and oxygen atoms in total. The predicted octanol–water partition coefficient (Wildman–Crippen LogP) is 5.12. The summed E-state index contributed by atoms with van der Waals surface area (Å²) >= 11 is 6.04. The van der Waals surface area contributed by atoms with Gasteiger partial charge in [0.2, 0.25) is 0 Å². The summed E-state index contributed by atoms with van der Waals surface area (Å²) < 4.78 is 5.93. The second-order valence-corrected chi connectivity index (χ2v) is 7.29. The number of anilines is 2. The van der Waals surface area contributed by atoms with Crippen molar-refractivity contribution < 1.29 is 4.74 Å². The number of fused-ring (bicyclic) bond motifs is 1. The molecule has 0 bridgehead atoms. The fraction of sp³-hybridized carbons (Fsp3) is 0.227. The van der Waals surface area contributed by atoms with E-state index in [1.807, 2.05) is 60.5 Å². The van der Waals surface area contributed by atoms with E-state index in [1.54, 1.807) is 6.07 Å². The van der Waals surface area contributed by atoms with Crippen LogP contribution in [0.2, 0.25) is 5.02 Å². The summed E-state index contributed by atoms with van der Waals surface area (Å²) in [5, 5.41) is 13.3. The minimum atomic E-state index is 0.0574. The first-order valence-electron chi connectivity index (χ1n) is 9.38. The number of aromatic nitrogens is 2. The number of nitrogens with zero attached hydrogens (tertiary/aromatic N) is 4. The molecule has 0 fully saturated rings. The standard InChI is InChI=1S/C22H20ClN5O/c1-15-25-14-20-21(8-10-28(11-9-24)22(20)26-15)27-17-5-3-7-19(13-17)29-18-6-2-4-16(23)12-18/h2-7,12-14,21,27H,8,10-11H2,1H3. The zero-order chi connectivity index (χ0) is 20.2. The number of hydrogen-bond acceptors (Lipinski definition) is 6. The minimum absolute atomic E-state index is 0.0574. The fourth-order valence-electron chi connectivity index (χ4n) is 3.42. The lowest BCUT2D eigenvalue weighted by Gasteiger charge is -2.33. The van der Waals surface area contributed by atoms with Crippen molar-refractivity contribution >= 4 is 23.1 Å². The molecular weight excluding hydrogens is 386 g/mol. The third-order valence-corrected chi connectivity index (χ3v) is 4.98. The van der Waals surface area contributed by atoms with Gasteiger partial charge in [-0.25, -0.2) is 9.97 Å². The molecule has 0 saturated heterocycles. The molecule has 4 rings (SSSR count). The van der Waals surface area contributed by atoms with E-state index in [9.17, 15) is 0 Å². The van der Waals surface area contributed by atoms with Crippen LogP contribution in [0.25, 0.3) is 0 Å². The van der Waals surface area contributed by atoms with Crippen molar-refractivity contribution in [3.8, 4) is 17.6 Å². The Kier molecular flexibility index (Phi) is 5.50. The van der Waals surface area contributed by atoms with Crippen LogP contribution >= 0.6 is 11.6 Å². The summed E-state index contributed by atoms with van der Waals surface area (Å²) in [6.07, 6.45) is 2.70. The Labute approximate surface area is 174 Å². The lowest BCUT2D eigenvalue weighted by molar-refractivity contribution is 0.483. The summed E-state index contributed by atoms with van der Waals surface area (Å²) in [6, 6.07) is 17.4. The lowest BCUT2D eigenvalue weighted by atomic mass is 10.0. The Bertz CT molecular complexity index is 1070. The highest BCUT2D eigenvalue weighted by Gasteiger charge is 2.27. The van der Waals surface area contributed by atoms with Gasteiger partial charge >= 0.3 is 0 Å². The van der Waals surface area contributed by atoms with Crippen LogP contribution in [0.3, 0.4) is 0 Å². The molecule has 1 atom stereocenters. The van der Waals surface area contributed by atoms with Crippen molar-refractivity contribution in [1.82, 2.24) is 9.97 Å². The van der Waals surface area contributed by atoms with Crippen LogP contribution in [-0.2, 0) is 0 Å². The third-order valence-electron chi connectivity index (χ3n) is 4.75. The highest BCUT2D eigenvalue weighted by atomic mass is 35.5. The van der Waals surface area contributed by atoms with Gasteiger partial charge in [-0.05, 0) is 43.7 Å². The molecule has 2 heterocycles. The number of rotatable bonds is 5. The van der Waals surface area contributed by atoms with Crippen molar-refractivity contribution in [1.29, 1.82) is 5.26 Å². The maximum atomic E-state index is 9.11. The number of aryl methyl sites for hydroxylation is 1. The van der Waals surface area contributed by atoms with Gasteiger partial charge in [0.15, 0.2) is 0 Å². The first-order valence-corrected chi connectivity index (χ1v) is 9.75. The Balaban J connectivity index is 1.55. The monoisotopic (exact) mass is 405 g/mol. The number of halogens is 1. The smallest absolute Gasteiger partial charge is 0.138 e. The van der Waals surface area contributed by atoms with Crippen LogP contribution in [0.15, 0.2) is 54.7 Å². The van der Waals surface area contributed by atoms with Crippen LogP contribution < -0.4 is 15.0 Å². The number of nitriles is 1. The number of hydrogen-bond donors (Lipinski definition) is 1. The van der Waals surface area contributed by atoms with Crippen LogP contribution in [0, 0.1) is 18.3 Å². The van der Waals surface area contributed by atoms with Gasteiger partial charge < -0.3 is 15.0 Å². The molecule has 1 aromatic heterocycles. The van der Waals surface area contributed by atoms with E-state index in [-0.39, 0.29) is 6.04 Å². The van der Waals surface area contributed by atoms with E-state index in [0.717, 1.165) is 35.8 Å². The first-order chi connectivity index (χ1) is 14.1. The molecule has 3 aromatic rings. The average Bonchev–Trinajstić information content (AvgIpc) is 2.70. The van der Waals surface area contributed by atoms with Gasteiger partial charge in [0.1, 0.15) is 29.7 Å². The summed E-state index contributed by atoms with van der Waals surface area (Å²) in [7, 11) is 0. The fourth-order valence-corrected chi connectivity index (χ4v) is 3.60. The molecule has 0 aliphatic carbocycles. The maximum absolute atomic E-state index is 9.11. The SMILES string of the molecule is Cc1ncc2c(n1)N(CC#N)CCC2Nc1cccc(Oc2cccc(Cl)c2)c1. The molecule has 0 amide bonds. The molecule has 1 N–H and O–H groups in total. The Hall–Kier alpha value is -3.30. The Morgan fingerprint density at radius 3 is 2.83 bits per heavy atom. The van der Waals surface area contributed by atoms with Crippen molar-refractivity contribution in [2.75, 3.05) is 23.3 Å². The van der Waals surface area contributed by atoms with Gasteiger partial charge in [-0.2, -0.15) is 5.26 Å². The summed E-state index contributed by atoms with van der Waals surface area (Å²) in [5.74, 6) is 2.94. The van der Waals surface area contributed by atoms with Gasteiger partial charge in [-0.15, -0.1) is 0 Å². The maximum Gasteiger partial charge on any atom is 0.138 e. The quantitative estimate of drug-likeness (QED) is 0.594. The molecule has 1 aliphatic rings. The average molecular weight is 406 g/mol. The lowest BCUT2D eigenvalue weighted by Crippen LogP contribution is -2.34. The Morgan fingerprint density at radius 2 is 2.03 bits per heavy atom. The highest BCUT2D eigenvalue weighted by molar-refractivity contribution is 6.30.